The maximum absolute atomic E-state index is 13.0. The minimum atomic E-state index is -0.417. The van der Waals surface area contributed by atoms with Gasteiger partial charge in [-0.05, 0) is 43.2 Å². The van der Waals surface area contributed by atoms with Crippen LogP contribution in [0.2, 0.25) is 5.02 Å². The van der Waals surface area contributed by atoms with Crippen molar-refractivity contribution >= 4 is 46.6 Å². The van der Waals surface area contributed by atoms with E-state index in [1.807, 2.05) is 12.2 Å². The van der Waals surface area contributed by atoms with Gasteiger partial charge in [0, 0.05) is 12.6 Å². The van der Waals surface area contributed by atoms with Gasteiger partial charge in [-0.25, -0.2) is 5.01 Å². The van der Waals surface area contributed by atoms with Gasteiger partial charge in [0.2, 0.25) is 17.7 Å². The number of halogens is 1. The fourth-order valence-electron chi connectivity index (χ4n) is 4.02. The average molecular weight is 467 g/mol. The number of amides is 4. The molecule has 2 atom stereocenters. The molecular formula is C24H23ClN4O4. The molecule has 0 aromatic heterocycles. The lowest BCUT2D eigenvalue weighted by molar-refractivity contribution is -0.140. The molecule has 1 fully saturated rings. The number of hydrogen-bond acceptors (Lipinski definition) is 4. The number of likely N-dealkylation sites (N-methyl/N-ethyl adjacent to an activating group) is 1. The molecule has 33 heavy (non-hydrogen) atoms. The SMILES string of the molecule is CN(CC(=O)Nc1ccccc1Cl)C(=O)c1cccc(N2NC(=O)[C@@H]3CC=CC[C@@H]3C2=O)c1. The number of nitrogens with zero attached hydrogens (tertiary/aromatic N) is 2. The summed E-state index contributed by atoms with van der Waals surface area (Å²) in [6, 6.07) is 13.2. The standard InChI is InChI=1S/C24H23ClN4O4/c1-28(14-21(30)26-20-12-5-4-11-19(20)25)23(32)15-7-6-8-16(13-15)29-24(33)18-10-3-2-9-17(18)22(31)27-29/h2-8,11-13,17-18H,9-10,14H2,1H3,(H,26,30)(H,27,31)/t17-,18+/m1/s1. The van der Waals surface area contributed by atoms with Crippen LogP contribution >= 0.6 is 11.6 Å². The number of hydrazine groups is 1. The third-order valence-corrected chi connectivity index (χ3v) is 6.09. The molecule has 1 heterocycles. The molecule has 4 rings (SSSR count). The van der Waals surface area contributed by atoms with Gasteiger partial charge >= 0.3 is 0 Å². The van der Waals surface area contributed by atoms with E-state index in [9.17, 15) is 19.2 Å². The van der Waals surface area contributed by atoms with Gasteiger partial charge in [0.05, 0.1) is 34.8 Å². The van der Waals surface area contributed by atoms with Crippen LogP contribution in [0.25, 0.3) is 0 Å². The van der Waals surface area contributed by atoms with E-state index < -0.39 is 17.7 Å². The molecule has 1 saturated heterocycles. The average Bonchev–Trinajstić information content (AvgIpc) is 2.82. The molecule has 0 saturated carbocycles. The molecule has 0 unspecified atom stereocenters. The quantitative estimate of drug-likeness (QED) is 0.662. The number of carbonyl (C=O) groups is 4. The predicted octanol–water partition coefficient (Wildman–Crippen LogP) is 3.01. The first kappa shape index (κ1) is 22.5. The van der Waals surface area contributed by atoms with Crippen LogP contribution in [0.15, 0.2) is 60.7 Å². The molecule has 0 radical (unpaired) electrons. The van der Waals surface area contributed by atoms with E-state index in [1.54, 1.807) is 42.5 Å². The Labute approximate surface area is 196 Å². The van der Waals surface area contributed by atoms with Crippen molar-refractivity contribution in [1.82, 2.24) is 10.3 Å². The van der Waals surface area contributed by atoms with Gasteiger partial charge in [0.1, 0.15) is 0 Å². The van der Waals surface area contributed by atoms with Crippen molar-refractivity contribution in [1.29, 1.82) is 0 Å². The highest BCUT2D eigenvalue weighted by Crippen LogP contribution is 2.32. The van der Waals surface area contributed by atoms with Crippen LogP contribution in [0.4, 0.5) is 11.4 Å². The summed E-state index contributed by atoms with van der Waals surface area (Å²) in [7, 11) is 1.51. The Morgan fingerprint density at radius 1 is 1.09 bits per heavy atom. The van der Waals surface area contributed by atoms with Gasteiger partial charge in [-0.3, -0.25) is 24.6 Å². The lowest BCUT2D eigenvalue weighted by Gasteiger charge is -2.38. The van der Waals surface area contributed by atoms with Crippen LogP contribution in [0, 0.1) is 11.8 Å². The van der Waals surface area contributed by atoms with Crippen molar-refractivity contribution in [2.45, 2.75) is 12.8 Å². The van der Waals surface area contributed by atoms with Crippen LogP contribution in [0.5, 0.6) is 0 Å². The molecule has 170 valence electrons. The highest BCUT2D eigenvalue weighted by molar-refractivity contribution is 6.33. The molecule has 0 spiro atoms. The van der Waals surface area contributed by atoms with Crippen LogP contribution < -0.4 is 15.8 Å². The van der Waals surface area contributed by atoms with Crippen molar-refractivity contribution < 1.29 is 19.2 Å². The van der Waals surface area contributed by atoms with Crippen molar-refractivity contribution in [3.8, 4) is 0 Å². The summed E-state index contributed by atoms with van der Waals surface area (Å²) in [5, 5.41) is 4.29. The number of fused-ring (bicyclic) bond motifs is 1. The Hall–Kier alpha value is -3.65. The summed E-state index contributed by atoms with van der Waals surface area (Å²) in [5.41, 5.74) is 3.79. The zero-order valence-electron chi connectivity index (χ0n) is 18.0. The van der Waals surface area contributed by atoms with Crippen molar-refractivity contribution in [3.05, 3.63) is 71.3 Å². The van der Waals surface area contributed by atoms with E-state index in [1.165, 1.54) is 23.0 Å². The lowest BCUT2D eigenvalue weighted by atomic mass is 9.80. The van der Waals surface area contributed by atoms with Crippen LogP contribution in [0.1, 0.15) is 23.2 Å². The first-order chi connectivity index (χ1) is 15.8. The Balaban J connectivity index is 1.45. The number of anilines is 2. The van der Waals surface area contributed by atoms with E-state index >= 15 is 0 Å². The van der Waals surface area contributed by atoms with Gasteiger partial charge in [0.25, 0.3) is 5.91 Å². The van der Waals surface area contributed by atoms with E-state index in [-0.39, 0.29) is 29.8 Å². The second-order valence-electron chi connectivity index (χ2n) is 8.05. The first-order valence-corrected chi connectivity index (χ1v) is 10.9. The molecule has 1 aliphatic heterocycles. The van der Waals surface area contributed by atoms with E-state index in [0.29, 0.717) is 29.2 Å². The number of hydrogen-bond donors (Lipinski definition) is 2. The zero-order valence-corrected chi connectivity index (χ0v) is 18.7. The van der Waals surface area contributed by atoms with Crippen LogP contribution in [-0.2, 0) is 14.4 Å². The topological polar surface area (TPSA) is 98.8 Å². The fourth-order valence-corrected chi connectivity index (χ4v) is 4.20. The van der Waals surface area contributed by atoms with E-state index in [2.05, 4.69) is 10.7 Å². The molecule has 9 heteroatoms. The van der Waals surface area contributed by atoms with Crippen LogP contribution in [-0.4, -0.2) is 42.1 Å². The summed E-state index contributed by atoms with van der Waals surface area (Å²) in [6.07, 6.45) is 4.88. The molecule has 4 amide bonds. The summed E-state index contributed by atoms with van der Waals surface area (Å²) >= 11 is 6.06. The minimum absolute atomic E-state index is 0.191. The minimum Gasteiger partial charge on any atom is -0.332 e. The molecule has 1 aliphatic carbocycles. The van der Waals surface area contributed by atoms with Gasteiger partial charge in [0.15, 0.2) is 0 Å². The summed E-state index contributed by atoms with van der Waals surface area (Å²) in [4.78, 5) is 52.1. The number of carbonyl (C=O) groups excluding carboxylic acids is 4. The van der Waals surface area contributed by atoms with Crippen molar-refractivity contribution in [2.24, 2.45) is 11.8 Å². The predicted molar refractivity (Wildman–Crippen MR) is 124 cm³/mol. The van der Waals surface area contributed by atoms with Crippen LogP contribution in [0.3, 0.4) is 0 Å². The lowest BCUT2D eigenvalue weighted by Crippen LogP contribution is -2.59. The Bertz CT molecular complexity index is 1150. The highest BCUT2D eigenvalue weighted by atomic mass is 35.5. The Morgan fingerprint density at radius 2 is 1.82 bits per heavy atom. The Morgan fingerprint density at radius 3 is 2.58 bits per heavy atom. The fraction of sp³-hybridized carbons (Fsp3) is 0.250. The van der Waals surface area contributed by atoms with Gasteiger partial charge in [-0.1, -0.05) is 42.0 Å². The number of para-hydroxylation sites is 1. The summed E-state index contributed by atoms with van der Waals surface area (Å²) in [5.74, 6) is -2.01. The molecule has 2 aromatic carbocycles. The maximum atomic E-state index is 13.0. The number of allylic oxidation sites excluding steroid dienone is 2. The van der Waals surface area contributed by atoms with E-state index in [0.717, 1.165) is 0 Å². The monoisotopic (exact) mass is 466 g/mol. The maximum Gasteiger partial charge on any atom is 0.254 e. The second-order valence-corrected chi connectivity index (χ2v) is 8.45. The van der Waals surface area contributed by atoms with Crippen molar-refractivity contribution in [3.63, 3.8) is 0 Å². The van der Waals surface area contributed by atoms with Gasteiger partial charge < -0.3 is 10.2 Å². The largest absolute Gasteiger partial charge is 0.332 e. The van der Waals surface area contributed by atoms with Gasteiger partial charge in [-0.15, -0.1) is 0 Å². The molecule has 2 aromatic rings. The third-order valence-electron chi connectivity index (χ3n) is 5.76. The summed E-state index contributed by atoms with van der Waals surface area (Å²) in [6.45, 7) is -0.191. The normalized spacial score (nSPS) is 19.5. The smallest absolute Gasteiger partial charge is 0.254 e. The number of nitrogens with one attached hydrogen (secondary N) is 2. The number of rotatable bonds is 5. The molecule has 0 bridgehead atoms. The first-order valence-electron chi connectivity index (χ1n) is 10.5. The zero-order chi connectivity index (χ0) is 23.5. The molecular weight excluding hydrogens is 444 g/mol. The number of benzene rings is 2. The Kier molecular flexibility index (Phi) is 6.46. The molecule has 2 N–H and O–H groups in total. The molecule has 2 aliphatic rings. The third kappa shape index (κ3) is 4.75. The summed E-state index contributed by atoms with van der Waals surface area (Å²) < 4.78 is 0. The highest BCUT2D eigenvalue weighted by Gasteiger charge is 2.42. The second kappa shape index (κ2) is 9.46. The molecule has 8 nitrogen and oxygen atoms in total. The van der Waals surface area contributed by atoms with Crippen molar-refractivity contribution in [2.75, 3.05) is 23.9 Å². The van der Waals surface area contributed by atoms with Gasteiger partial charge in [-0.2, -0.15) is 0 Å². The van der Waals surface area contributed by atoms with E-state index in [4.69, 9.17) is 11.6 Å².